The number of carbonyl (C=O) groups excluding carboxylic acids is 1. The fourth-order valence-electron chi connectivity index (χ4n) is 5.14. The van der Waals surface area contributed by atoms with E-state index in [1.807, 2.05) is 30.3 Å². The number of sulfone groups is 2. The molecular formula is C30H36N2O5S2. The minimum atomic E-state index is -3.26. The largest absolute Gasteiger partial charge is 0.326 e. The van der Waals surface area contributed by atoms with Gasteiger partial charge in [0, 0.05) is 30.5 Å². The molecule has 3 aromatic rings. The third-order valence-electron chi connectivity index (χ3n) is 7.39. The normalized spacial score (nSPS) is 16.1. The molecule has 3 aromatic carbocycles. The van der Waals surface area contributed by atoms with Crippen LogP contribution in [0.3, 0.4) is 0 Å². The molecule has 1 aliphatic heterocycles. The summed E-state index contributed by atoms with van der Waals surface area (Å²) in [4.78, 5) is 15.6. The van der Waals surface area contributed by atoms with Gasteiger partial charge in [0.1, 0.15) is 0 Å². The smallest absolute Gasteiger partial charge is 0.224 e. The van der Waals surface area contributed by atoms with Gasteiger partial charge in [-0.2, -0.15) is 0 Å². The van der Waals surface area contributed by atoms with Crippen molar-refractivity contribution in [3.05, 3.63) is 90.0 Å². The second-order valence-electron chi connectivity index (χ2n) is 10.4. The average Bonchev–Trinajstić information content (AvgIpc) is 2.90. The molecule has 208 valence electrons. The van der Waals surface area contributed by atoms with Gasteiger partial charge in [0.05, 0.1) is 9.79 Å². The third kappa shape index (κ3) is 8.24. The number of carbonyl (C=O) groups is 1. The number of piperidine rings is 1. The van der Waals surface area contributed by atoms with Gasteiger partial charge in [0.15, 0.2) is 19.7 Å². The lowest BCUT2D eigenvalue weighted by Gasteiger charge is -2.33. The Bertz CT molecular complexity index is 1460. The third-order valence-corrected chi connectivity index (χ3v) is 9.65. The highest BCUT2D eigenvalue weighted by atomic mass is 32.2. The molecule has 1 atom stereocenters. The monoisotopic (exact) mass is 568 g/mol. The molecule has 0 aromatic heterocycles. The Morgan fingerprint density at radius 2 is 1.31 bits per heavy atom. The van der Waals surface area contributed by atoms with Gasteiger partial charge in [-0.3, -0.25) is 4.79 Å². The van der Waals surface area contributed by atoms with Gasteiger partial charge < -0.3 is 10.2 Å². The maximum atomic E-state index is 12.6. The highest BCUT2D eigenvalue weighted by molar-refractivity contribution is 7.91. The summed E-state index contributed by atoms with van der Waals surface area (Å²) < 4.78 is 47.0. The highest BCUT2D eigenvalue weighted by Crippen LogP contribution is 2.30. The van der Waals surface area contributed by atoms with Crippen LogP contribution in [0.4, 0.5) is 5.69 Å². The van der Waals surface area contributed by atoms with Crippen molar-refractivity contribution in [1.29, 1.82) is 0 Å². The minimum Gasteiger partial charge on any atom is -0.326 e. The summed E-state index contributed by atoms with van der Waals surface area (Å²) in [7, 11) is -6.50. The number of rotatable bonds is 10. The number of amides is 1. The molecule has 1 aliphatic rings. The van der Waals surface area contributed by atoms with Gasteiger partial charge >= 0.3 is 0 Å². The summed E-state index contributed by atoms with van der Waals surface area (Å²) in [5, 5.41) is 2.88. The van der Waals surface area contributed by atoms with Crippen LogP contribution in [0.15, 0.2) is 88.7 Å². The molecule has 1 fully saturated rings. The quantitative estimate of drug-likeness (QED) is 0.379. The zero-order chi connectivity index (χ0) is 28.0. The molecule has 0 radical (unpaired) electrons. The van der Waals surface area contributed by atoms with Gasteiger partial charge in [0.25, 0.3) is 0 Å². The average molecular weight is 569 g/mol. The SMILES string of the molecule is CS(=O)(=O)c1ccc(NC(=O)CC2CCN(CCC(c3ccccc3)c3ccc(S(C)(=O)=O)cc3)CC2)cc1. The fourth-order valence-corrected chi connectivity index (χ4v) is 6.40. The van der Waals surface area contributed by atoms with Gasteiger partial charge in [-0.1, -0.05) is 42.5 Å². The minimum absolute atomic E-state index is 0.0535. The Labute approximate surface area is 232 Å². The van der Waals surface area contributed by atoms with Crippen LogP contribution >= 0.6 is 0 Å². The van der Waals surface area contributed by atoms with E-state index in [-0.39, 0.29) is 16.7 Å². The Morgan fingerprint density at radius 1 is 0.795 bits per heavy atom. The zero-order valence-electron chi connectivity index (χ0n) is 22.4. The predicted molar refractivity (Wildman–Crippen MR) is 154 cm³/mol. The number of nitrogens with zero attached hydrogens (tertiary/aromatic N) is 1. The van der Waals surface area contributed by atoms with E-state index in [9.17, 15) is 21.6 Å². The fraction of sp³-hybridized carbons (Fsp3) is 0.367. The van der Waals surface area contributed by atoms with Crippen LogP contribution < -0.4 is 5.32 Å². The number of anilines is 1. The maximum Gasteiger partial charge on any atom is 0.224 e. The van der Waals surface area contributed by atoms with Crippen LogP contribution in [0.2, 0.25) is 0 Å². The van der Waals surface area contributed by atoms with Crippen molar-refractivity contribution in [2.75, 3.05) is 37.5 Å². The van der Waals surface area contributed by atoms with E-state index >= 15 is 0 Å². The van der Waals surface area contributed by atoms with Crippen molar-refractivity contribution >= 4 is 31.3 Å². The van der Waals surface area contributed by atoms with Crippen LogP contribution in [0.1, 0.15) is 42.7 Å². The maximum absolute atomic E-state index is 12.6. The lowest BCUT2D eigenvalue weighted by atomic mass is 9.87. The van der Waals surface area contributed by atoms with E-state index in [2.05, 4.69) is 22.3 Å². The Morgan fingerprint density at radius 3 is 1.85 bits per heavy atom. The summed E-state index contributed by atoms with van der Waals surface area (Å²) >= 11 is 0. The number of hydrogen-bond acceptors (Lipinski definition) is 6. The molecule has 1 amide bonds. The first kappa shape index (κ1) is 29.0. The zero-order valence-corrected chi connectivity index (χ0v) is 24.0. The van der Waals surface area contributed by atoms with Gasteiger partial charge in [0.2, 0.25) is 5.91 Å². The molecule has 1 N–H and O–H groups in total. The molecule has 1 heterocycles. The molecule has 4 rings (SSSR count). The molecule has 1 unspecified atom stereocenters. The highest BCUT2D eigenvalue weighted by Gasteiger charge is 2.23. The molecule has 39 heavy (non-hydrogen) atoms. The van der Waals surface area contributed by atoms with Crippen molar-refractivity contribution < 1.29 is 21.6 Å². The molecule has 7 nitrogen and oxygen atoms in total. The predicted octanol–water partition coefficient (Wildman–Crippen LogP) is 4.76. The van der Waals surface area contributed by atoms with E-state index in [4.69, 9.17) is 0 Å². The molecule has 0 saturated carbocycles. The summed E-state index contributed by atoms with van der Waals surface area (Å²) in [5.74, 6) is 0.421. The molecular weight excluding hydrogens is 532 g/mol. The summed E-state index contributed by atoms with van der Waals surface area (Å²) in [6.07, 6.45) is 5.63. The summed E-state index contributed by atoms with van der Waals surface area (Å²) in [6, 6.07) is 23.8. The van der Waals surface area contributed by atoms with Crippen LogP contribution in [-0.4, -0.2) is 59.8 Å². The number of benzene rings is 3. The topological polar surface area (TPSA) is 101 Å². The van der Waals surface area contributed by atoms with Crippen molar-refractivity contribution in [2.45, 2.75) is 41.4 Å². The Kier molecular flexibility index (Phi) is 9.25. The lowest BCUT2D eigenvalue weighted by molar-refractivity contribution is -0.117. The molecule has 0 aliphatic carbocycles. The standard InChI is InChI=1S/C30H36N2O5S2/c1-38(34,35)27-12-8-25(9-13-27)29(24-6-4-3-5-7-24)18-21-32-19-16-23(17-20-32)22-30(33)31-26-10-14-28(15-11-26)39(2,36)37/h3-15,23,29H,16-22H2,1-2H3,(H,31,33). The molecule has 0 bridgehead atoms. The Balaban J connectivity index is 1.29. The van der Waals surface area contributed by atoms with E-state index in [1.54, 1.807) is 24.3 Å². The first-order valence-electron chi connectivity index (χ1n) is 13.2. The van der Waals surface area contributed by atoms with Gasteiger partial charge in [-0.25, -0.2) is 16.8 Å². The molecule has 9 heteroatoms. The van der Waals surface area contributed by atoms with Crippen molar-refractivity contribution in [1.82, 2.24) is 4.90 Å². The van der Waals surface area contributed by atoms with E-state index in [0.29, 0.717) is 22.9 Å². The van der Waals surface area contributed by atoms with Crippen molar-refractivity contribution in [2.24, 2.45) is 5.92 Å². The number of likely N-dealkylation sites (tertiary alicyclic amines) is 1. The van der Waals surface area contributed by atoms with Gasteiger partial charge in [-0.05, 0) is 92.3 Å². The number of nitrogens with one attached hydrogen (secondary N) is 1. The summed E-state index contributed by atoms with van der Waals surface area (Å²) in [5.41, 5.74) is 2.91. The van der Waals surface area contributed by atoms with Crippen LogP contribution in [-0.2, 0) is 24.5 Å². The van der Waals surface area contributed by atoms with E-state index in [0.717, 1.165) is 50.7 Å². The molecule has 0 spiro atoms. The second kappa shape index (κ2) is 12.4. The molecule has 1 saturated heterocycles. The van der Waals surface area contributed by atoms with Crippen molar-refractivity contribution in [3.8, 4) is 0 Å². The van der Waals surface area contributed by atoms with Gasteiger partial charge in [-0.15, -0.1) is 0 Å². The van der Waals surface area contributed by atoms with Crippen molar-refractivity contribution in [3.63, 3.8) is 0 Å². The van der Waals surface area contributed by atoms with Crippen LogP contribution in [0, 0.1) is 5.92 Å². The van der Waals surface area contributed by atoms with Crippen LogP contribution in [0.25, 0.3) is 0 Å². The number of hydrogen-bond donors (Lipinski definition) is 1. The first-order chi connectivity index (χ1) is 18.5. The first-order valence-corrected chi connectivity index (χ1v) is 16.9. The second-order valence-corrected chi connectivity index (χ2v) is 14.5. The summed E-state index contributed by atoms with van der Waals surface area (Å²) in [6.45, 7) is 2.77. The lowest BCUT2D eigenvalue weighted by Crippen LogP contribution is -2.36. The van der Waals surface area contributed by atoms with E-state index in [1.165, 1.54) is 24.0 Å². The Hall–Kier alpha value is -3.01. The van der Waals surface area contributed by atoms with Crippen LogP contribution in [0.5, 0.6) is 0 Å². The van der Waals surface area contributed by atoms with E-state index < -0.39 is 19.7 Å².